The smallest absolute Gasteiger partial charge is 0.407 e. The van der Waals surface area contributed by atoms with Gasteiger partial charge in [-0.05, 0) is 42.5 Å². The van der Waals surface area contributed by atoms with E-state index in [-0.39, 0.29) is 38.2 Å². The van der Waals surface area contributed by atoms with E-state index in [4.69, 9.17) is 23.7 Å². The van der Waals surface area contributed by atoms with Crippen LogP contribution in [0.4, 0.5) is 4.79 Å². The fraction of sp³-hybridized carbons (Fsp3) is 0.531. The molecule has 0 heterocycles. The van der Waals surface area contributed by atoms with Gasteiger partial charge in [0.1, 0.15) is 19.0 Å². The predicted molar refractivity (Wildman–Crippen MR) is 155 cm³/mol. The number of hydrogen-bond acceptors (Lipinski definition) is 8. The van der Waals surface area contributed by atoms with Crippen molar-refractivity contribution in [3.63, 3.8) is 0 Å². The summed E-state index contributed by atoms with van der Waals surface area (Å²) in [5.41, 5.74) is 1.88. The molecular weight excluding hydrogens is 526 g/mol. The Bertz CT molecular complexity index is 997. The molecule has 1 amide bonds. The number of carbonyl (C=O) groups excluding carboxylic acids is 3. The van der Waals surface area contributed by atoms with E-state index in [9.17, 15) is 14.4 Å². The Morgan fingerprint density at radius 1 is 0.732 bits per heavy atom. The third kappa shape index (κ3) is 16.3. The first-order valence-corrected chi connectivity index (χ1v) is 14.5. The van der Waals surface area contributed by atoms with Gasteiger partial charge >= 0.3 is 18.0 Å². The average Bonchev–Trinajstić information content (AvgIpc) is 2.99. The molecule has 0 aliphatic carbocycles. The molecule has 1 unspecified atom stereocenters. The fourth-order valence-corrected chi connectivity index (χ4v) is 3.88. The molecule has 9 nitrogen and oxygen atoms in total. The highest BCUT2D eigenvalue weighted by molar-refractivity contribution is 5.70. The molecule has 2 rings (SSSR count). The Kier molecular flexibility index (Phi) is 17.4. The zero-order valence-corrected chi connectivity index (χ0v) is 24.4. The lowest BCUT2D eigenvalue weighted by Crippen LogP contribution is -2.29. The molecule has 9 heteroatoms. The second-order valence-corrected chi connectivity index (χ2v) is 9.77. The van der Waals surface area contributed by atoms with E-state index < -0.39 is 12.2 Å². The Morgan fingerprint density at radius 3 is 2.12 bits per heavy atom. The summed E-state index contributed by atoms with van der Waals surface area (Å²) in [5, 5.41) is 2.71. The number of ether oxygens (including phenoxy) is 5. The molecule has 0 fully saturated rings. The number of benzene rings is 2. The maximum Gasteiger partial charge on any atom is 0.407 e. The number of esters is 2. The zero-order valence-electron chi connectivity index (χ0n) is 24.4. The van der Waals surface area contributed by atoms with E-state index in [0.29, 0.717) is 32.4 Å². The van der Waals surface area contributed by atoms with Crippen LogP contribution in [0.2, 0.25) is 0 Å². The minimum atomic E-state index is -0.679. The van der Waals surface area contributed by atoms with Crippen molar-refractivity contribution in [3.8, 4) is 5.75 Å². The first-order valence-electron chi connectivity index (χ1n) is 14.5. The zero-order chi connectivity index (χ0) is 29.5. The number of rotatable bonds is 21. The molecule has 2 aromatic rings. The molecule has 0 saturated carbocycles. The summed E-state index contributed by atoms with van der Waals surface area (Å²) < 4.78 is 27.1. The van der Waals surface area contributed by atoms with Crippen molar-refractivity contribution in [2.75, 3.05) is 26.9 Å². The highest BCUT2D eigenvalue weighted by atomic mass is 16.6. The molecule has 0 radical (unpaired) electrons. The topological polar surface area (TPSA) is 109 Å². The number of hydrogen-bond donors (Lipinski definition) is 1. The van der Waals surface area contributed by atoms with Gasteiger partial charge in [-0.1, -0.05) is 75.1 Å². The van der Waals surface area contributed by atoms with Crippen molar-refractivity contribution >= 4 is 18.0 Å². The van der Waals surface area contributed by atoms with Gasteiger partial charge in [0.25, 0.3) is 0 Å². The number of methoxy groups -OCH3 is 1. The van der Waals surface area contributed by atoms with Crippen LogP contribution in [-0.2, 0) is 41.8 Å². The fourth-order valence-electron chi connectivity index (χ4n) is 3.88. The lowest BCUT2D eigenvalue weighted by atomic mass is 10.1. The van der Waals surface area contributed by atoms with Crippen LogP contribution < -0.4 is 10.1 Å². The molecule has 0 aliphatic heterocycles. The summed E-state index contributed by atoms with van der Waals surface area (Å²) in [6.07, 6.45) is 5.42. The largest absolute Gasteiger partial charge is 0.497 e. The SMILES string of the molecule is CCCCCCC(=O)OC(COCc1ccc(OC)cc1)COC(=O)CCCCCNC(=O)OCc1ccccc1. The first-order chi connectivity index (χ1) is 20.0. The van der Waals surface area contributed by atoms with Gasteiger partial charge in [0.05, 0.1) is 20.3 Å². The molecule has 0 saturated heterocycles. The summed E-state index contributed by atoms with van der Waals surface area (Å²) in [5.74, 6) is 0.0810. The van der Waals surface area contributed by atoms with Crippen molar-refractivity contribution in [3.05, 3.63) is 65.7 Å². The van der Waals surface area contributed by atoms with Crippen LogP contribution >= 0.6 is 0 Å². The molecule has 0 spiro atoms. The number of nitrogens with one attached hydrogen (secondary N) is 1. The molecule has 2 aromatic carbocycles. The Morgan fingerprint density at radius 2 is 1.41 bits per heavy atom. The van der Waals surface area contributed by atoms with Gasteiger partial charge < -0.3 is 29.0 Å². The van der Waals surface area contributed by atoms with Gasteiger partial charge in [-0.15, -0.1) is 0 Å². The molecule has 0 aromatic heterocycles. The van der Waals surface area contributed by atoms with E-state index in [2.05, 4.69) is 12.2 Å². The van der Waals surface area contributed by atoms with E-state index in [1.807, 2.05) is 54.6 Å². The van der Waals surface area contributed by atoms with Crippen molar-refractivity contribution < 1.29 is 38.1 Å². The first kappa shape index (κ1) is 33.6. The van der Waals surface area contributed by atoms with Crippen LogP contribution in [0.15, 0.2) is 54.6 Å². The lowest BCUT2D eigenvalue weighted by molar-refractivity contribution is -0.163. The molecule has 41 heavy (non-hydrogen) atoms. The monoisotopic (exact) mass is 571 g/mol. The molecule has 1 N–H and O–H groups in total. The summed E-state index contributed by atoms with van der Waals surface area (Å²) in [6.45, 7) is 3.19. The van der Waals surface area contributed by atoms with Gasteiger partial charge in [0.15, 0.2) is 6.10 Å². The highest BCUT2D eigenvalue weighted by Crippen LogP contribution is 2.13. The van der Waals surface area contributed by atoms with Gasteiger partial charge in [-0.2, -0.15) is 0 Å². The molecule has 0 bridgehead atoms. The third-order valence-electron chi connectivity index (χ3n) is 6.23. The molecule has 226 valence electrons. The number of unbranched alkanes of at least 4 members (excludes halogenated alkanes) is 5. The summed E-state index contributed by atoms with van der Waals surface area (Å²) in [6, 6.07) is 17.0. The van der Waals surface area contributed by atoms with Gasteiger partial charge in [0, 0.05) is 19.4 Å². The van der Waals surface area contributed by atoms with Gasteiger partial charge in [-0.3, -0.25) is 9.59 Å². The van der Waals surface area contributed by atoms with E-state index in [1.165, 1.54) is 0 Å². The van der Waals surface area contributed by atoms with E-state index >= 15 is 0 Å². The molecule has 0 aliphatic rings. The minimum Gasteiger partial charge on any atom is -0.497 e. The van der Waals surface area contributed by atoms with Crippen molar-refractivity contribution in [2.24, 2.45) is 0 Å². The molecule has 1 atom stereocenters. The standard InChI is InChI=1S/C32H45NO8/c1-3-4-5-10-16-31(35)41-29(24-38-22-27-17-19-28(37-2)20-18-27)25-39-30(34)15-11-7-12-21-33-32(36)40-23-26-13-8-6-9-14-26/h6,8-9,13-14,17-20,29H,3-5,7,10-12,15-16,21-25H2,1-2H3,(H,33,36). The number of alkyl carbamates (subject to hydrolysis) is 1. The number of amides is 1. The highest BCUT2D eigenvalue weighted by Gasteiger charge is 2.18. The van der Waals surface area contributed by atoms with Crippen molar-refractivity contribution in [1.82, 2.24) is 5.32 Å². The summed E-state index contributed by atoms with van der Waals surface area (Å²) in [4.78, 5) is 36.4. The van der Waals surface area contributed by atoms with Crippen LogP contribution in [0.25, 0.3) is 0 Å². The summed E-state index contributed by atoms with van der Waals surface area (Å²) in [7, 11) is 1.61. The average molecular weight is 572 g/mol. The van der Waals surface area contributed by atoms with E-state index in [1.54, 1.807) is 7.11 Å². The van der Waals surface area contributed by atoms with Gasteiger partial charge in [-0.25, -0.2) is 4.79 Å². The normalized spacial score (nSPS) is 11.4. The molecular formula is C32H45NO8. The van der Waals surface area contributed by atoms with Crippen molar-refractivity contribution in [2.45, 2.75) is 84.0 Å². The predicted octanol–water partition coefficient (Wildman–Crippen LogP) is 6.12. The quantitative estimate of drug-likeness (QED) is 0.108. The van der Waals surface area contributed by atoms with Crippen molar-refractivity contribution in [1.29, 1.82) is 0 Å². The minimum absolute atomic E-state index is 0.0586. The Balaban J connectivity index is 1.64. The Labute approximate surface area is 243 Å². The van der Waals surface area contributed by atoms with Gasteiger partial charge in [0.2, 0.25) is 0 Å². The number of carbonyl (C=O) groups is 3. The van der Waals surface area contributed by atoms with Crippen LogP contribution in [-0.4, -0.2) is 51.0 Å². The summed E-state index contributed by atoms with van der Waals surface area (Å²) >= 11 is 0. The van der Waals surface area contributed by atoms with Crippen LogP contribution in [0.3, 0.4) is 0 Å². The Hall–Kier alpha value is -3.59. The second kappa shape index (κ2) is 21.2. The van der Waals surface area contributed by atoms with Crippen LogP contribution in [0, 0.1) is 0 Å². The third-order valence-corrected chi connectivity index (χ3v) is 6.23. The van der Waals surface area contributed by atoms with Crippen LogP contribution in [0.5, 0.6) is 5.75 Å². The van der Waals surface area contributed by atoms with E-state index in [0.717, 1.165) is 49.0 Å². The second-order valence-electron chi connectivity index (χ2n) is 9.77. The lowest BCUT2D eigenvalue weighted by Gasteiger charge is -2.18. The maximum atomic E-state index is 12.3. The maximum absolute atomic E-state index is 12.3. The van der Waals surface area contributed by atoms with Crippen LogP contribution in [0.1, 0.15) is 75.8 Å².